The maximum absolute atomic E-state index is 15.4. The summed E-state index contributed by atoms with van der Waals surface area (Å²) in [5.74, 6) is -1.52. The fourth-order valence-corrected chi connectivity index (χ4v) is 6.21. The Labute approximate surface area is 269 Å². The summed E-state index contributed by atoms with van der Waals surface area (Å²) in [7, 11) is -0.776. The summed E-state index contributed by atoms with van der Waals surface area (Å²) in [5, 5.41) is 4.31. The Morgan fingerprint density at radius 2 is 1.68 bits per heavy atom. The van der Waals surface area contributed by atoms with Crippen molar-refractivity contribution >= 4 is 21.3 Å². The highest BCUT2D eigenvalue weighted by molar-refractivity contribution is 7.89. The van der Waals surface area contributed by atoms with E-state index in [0.29, 0.717) is 33.5 Å². The highest BCUT2D eigenvalue weighted by Crippen LogP contribution is 2.36. The molecule has 3 aromatic carbocycles. The number of carbonyl (C=O) groups excluding carboxylic acids is 1. The maximum atomic E-state index is 15.4. The normalized spacial score (nSPS) is 11.7. The van der Waals surface area contributed by atoms with Crippen molar-refractivity contribution < 1.29 is 26.7 Å². The van der Waals surface area contributed by atoms with Crippen LogP contribution in [0.1, 0.15) is 21.5 Å². The number of ether oxygens (including phenoxy) is 1. The monoisotopic (exact) mass is 654 g/mol. The quantitative estimate of drug-likeness (QED) is 0.172. The number of sulfonamides is 1. The van der Waals surface area contributed by atoms with Gasteiger partial charge in [-0.2, -0.15) is 5.10 Å². The Morgan fingerprint density at radius 3 is 2.40 bits per heavy atom. The van der Waals surface area contributed by atoms with Crippen LogP contribution in [0.3, 0.4) is 0 Å². The third-order valence-corrected chi connectivity index (χ3v) is 9.52. The second-order valence-electron chi connectivity index (χ2n) is 11.0. The number of Topliss-reactive ketones (excluding diaryl/α,β-unsaturated/α-hetero) is 1. The summed E-state index contributed by atoms with van der Waals surface area (Å²) in [4.78, 5) is 26.7. The van der Waals surface area contributed by atoms with Crippen LogP contribution < -0.4 is 10.3 Å². The van der Waals surface area contributed by atoms with Gasteiger partial charge in [0, 0.05) is 50.2 Å². The molecule has 0 atom stereocenters. The molecule has 0 fully saturated rings. The lowest BCUT2D eigenvalue weighted by atomic mass is 10.0. The summed E-state index contributed by atoms with van der Waals surface area (Å²) in [6.45, 7) is 1.64. The van der Waals surface area contributed by atoms with Gasteiger partial charge in [0.05, 0.1) is 16.7 Å². The van der Waals surface area contributed by atoms with E-state index in [1.54, 1.807) is 60.1 Å². The van der Waals surface area contributed by atoms with Crippen LogP contribution in [-0.2, 0) is 16.4 Å². The smallest absolute Gasteiger partial charge is 0.266 e. The van der Waals surface area contributed by atoms with E-state index in [2.05, 4.69) is 5.10 Å². The van der Waals surface area contributed by atoms with Gasteiger partial charge in [0.1, 0.15) is 11.3 Å². The van der Waals surface area contributed by atoms with Crippen LogP contribution in [0.5, 0.6) is 11.5 Å². The van der Waals surface area contributed by atoms with Gasteiger partial charge in [0.2, 0.25) is 10.0 Å². The Kier molecular flexibility index (Phi) is 8.31. The fourth-order valence-electron chi connectivity index (χ4n) is 5.27. The molecule has 238 valence electrons. The first-order chi connectivity index (χ1) is 22.4. The van der Waals surface area contributed by atoms with Gasteiger partial charge in [-0.05, 0) is 84.3 Å². The average Bonchev–Trinajstić information content (AvgIpc) is 3.48. The number of halogens is 2. The molecule has 0 unspecified atom stereocenters. The van der Waals surface area contributed by atoms with Crippen molar-refractivity contribution in [1.29, 1.82) is 0 Å². The Hall–Kier alpha value is -5.46. The van der Waals surface area contributed by atoms with Crippen LogP contribution >= 0.6 is 0 Å². The first-order valence-electron chi connectivity index (χ1n) is 14.4. The molecule has 0 N–H and O–H groups in total. The first kappa shape index (κ1) is 31.5. The van der Waals surface area contributed by atoms with Crippen LogP contribution in [0.2, 0.25) is 0 Å². The number of hydrogen-bond donors (Lipinski definition) is 0. The average molecular weight is 655 g/mol. The minimum Gasteiger partial charge on any atom is -0.452 e. The van der Waals surface area contributed by atoms with Gasteiger partial charge in [-0.15, -0.1) is 0 Å². The van der Waals surface area contributed by atoms with E-state index < -0.39 is 33.0 Å². The van der Waals surface area contributed by atoms with Crippen molar-refractivity contribution in [2.24, 2.45) is 0 Å². The zero-order valence-electron chi connectivity index (χ0n) is 25.5. The van der Waals surface area contributed by atoms with E-state index in [1.165, 1.54) is 73.5 Å². The van der Waals surface area contributed by atoms with Gasteiger partial charge in [0.15, 0.2) is 23.1 Å². The Bertz CT molecular complexity index is 2330. The fraction of sp³-hybridized carbons (Fsp3) is 0.114. The van der Waals surface area contributed by atoms with Crippen LogP contribution in [0, 0.1) is 18.6 Å². The van der Waals surface area contributed by atoms with Gasteiger partial charge in [0.25, 0.3) is 5.56 Å². The zero-order valence-corrected chi connectivity index (χ0v) is 26.3. The number of ketones is 1. The van der Waals surface area contributed by atoms with Gasteiger partial charge in [-0.1, -0.05) is 18.2 Å². The zero-order chi connectivity index (χ0) is 33.5. The number of aromatic nitrogens is 3. The molecule has 3 aromatic heterocycles. The van der Waals surface area contributed by atoms with Gasteiger partial charge < -0.3 is 4.74 Å². The third kappa shape index (κ3) is 6.08. The lowest BCUT2D eigenvalue weighted by Gasteiger charge is -2.13. The standard InChI is InChI=1S/C35H28F2N4O5S/c1-22-14-17-40(26-10-8-25(36)9-11-26)35(43)33(22)30(42)20-23-7-12-31(29(37)19-23)46-32-13-16-38-41-18-15-28(34(32)41)24-5-4-6-27(21-24)47(44,45)39(2)3/h4-19,21H,20H2,1-3H3. The van der Waals surface area contributed by atoms with E-state index >= 15 is 4.39 Å². The number of benzene rings is 3. The van der Waals surface area contributed by atoms with Crippen molar-refractivity contribution in [3.05, 3.63) is 142 Å². The molecule has 0 aliphatic rings. The molecule has 47 heavy (non-hydrogen) atoms. The minimum atomic E-state index is -3.68. The van der Waals surface area contributed by atoms with Gasteiger partial charge in [-0.3, -0.25) is 14.2 Å². The number of nitrogens with zero attached hydrogens (tertiary/aromatic N) is 4. The molecule has 0 aliphatic carbocycles. The van der Waals surface area contributed by atoms with Crippen molar-refractivity contribution in [2.75, 3.05) is 14.1 Å². The van der Waals surface area contributed by atoms with E-state index in [1.807, 2.05) is 0 Å². The highest BCUT2D eigenvalue weighted by Gasteiger charge is 2.21. The minimum absolute atomic E-state index is 0.0417. The number of pyridine rings is 1. The predicted octanol–water partition coefficient (Wildman–Crippen LogP) is 6.21. The number of rotatable bonds is 9. The van der Waals surface area contributed by atoms with Crippen molar-refractivity contribution in [3.63, 3.8) is 0 Å². The van der Waals surface area contributed by atoms with Crippen LogP contribution in [0.25, 0.3) is 22.3 Å². The second-order valence-corrected chi connectivity index (χ2v) is 13.2. The largest absolute Gasteiger partial charge is 0.452 e. The van der Waals surface area contributed by atoms with E-state index in [4.69, 9.17) is 4.74 Å². The molecular weight excluding hydrogens is 626 g/mol. The number of hydrogen-bond acceptors (Lipinski definition) is 6. The molecule has 6 rings (SSSR count). The first-order valence-corrected chi connectivity index (χ1v) is 15.8. The van der Waals surface area contributed by atoms with Gasteiger partial charge >= 0.3 is 0 Å². The Balaban J connectivity index is 1.28. The molecule has 12 heteroatoms. The molecule has 9 nitrogen and oxygen atoms in total. The SMILES string of the molecule is Cc1ccn(-c2ccc(F)cc2)c(=O)c1C(=O)Cc1ccc(Oc2ccnn3ccc(-c4cccc(S(=O)(=O)N(C)C)c4)c23)c(F)c1. The summed E-state index contributed by atoms with van der Waals surface area (Å²) in [6.07, 6.45) is 4.45. The lowest BCUT2D eigenvalue weighted by Crippen LogP contribution is -2.27. The van der Waals surface area contributed by atoms with Crippen LogP contribution in [-0.4, -0.2) is 46.8 Å². The Morgan fingerprint density at radius 1 is 0.915 bits per heavy atom. The van der Waals surface area contributed by atoms with Crippen LogP contribution in [0.4, 0.5) is 8.78 Å². The number of carbonyl (C=O) groups is 1. The summed E-state index contributed by atoms with van der Waals surface area (Å²) < 4.78 is 64.3. The van der Waals surface area contributed by atoms with E-state index in [0.717, 1.165) is 4.31 Å². The summed E-state index contributed by atoms with van der Waals surface area (Å²) >= 11 is 0. The molecule has 0 radical (unpaired) electrons. The molecule has 0 spiro atoms. The molecule has 3 heterocycles. The van der Waals surface area contributed by atoms with Crippen molar-refractivity contribution in [3.8, 4) is 28.3 Å². The summed E-state index contributed by atoms with van der Waals surface area (Å²) in [6, 6.07) is 20.9. The van der Waals surface area contributed by atoms with Crippen LogP contribution in [0.15, 0.2) is 113 Å². The van der Waals surface area contributed by atoms with Gasteiger partial charge in [-0.25, -0.2) is 26.0 Å². The van der Waals surface area contributed by atoms with E-state index in [-0.39, 0.29) is 28.4 Å². The molecular formula is C35H28F2N4O5S. The lowest BCUT2D eigenvalue weighted by molar-refractivity contribution is 0.0990. The summed E-state index contributed by atoms with van der Waals surface area (Å²) in [5.41, 5.74) is 2.31. The topological polar surface area (TPSA) is 103 Å². The van der Waals surface area contributed by atoms with Crippen molar-refractivity contribution in [2.45, 2.75) is 18.2 Å². The number of fused-ring (bicyclic) bond motifs is 1. The molecule has 0 aliphatic heterocycles. The molecule has 0 amide bonds. The maximum Gasteiger partial charge on any atom is 0.266 e. The molecule has 0 bridgehead atoms. The highest BCUT2D eigenvalue weighted by atomic mass is 32.2. The van der Waals surface area contributed by atoms with E-state index in [9.17, 15) is 22.4 Å². The third-order valence-electron chi connectivity index (χ3n) is 7.71. The number of aryl methyl sites for hydroxylation is 1. The molecule has 0 saturated heterocycles. The second kappa shape index (κ2) is 12.4. The predicted molar refractivity (Wildman–Crippen MR) is 173 cm³/mol. The molecule has 0 saturated carbocycles. The molecule has 6 aromatic rings. The van der Waals surface area contributed by atoms with Crippen molar-refractivity contribution in [1.82, 2.24) is 18.5 Å².